The molecule has 0 aliphatic heterocycles. The van der Waals surface area contributed by atoms with Gasteiger partial charge >= 0.3 is 0 Å². The number of halogens is 1. The third-order valence-electron chi connectivity index (χ3n) is 2.57. The summed E-state index contributed by atoms with van der Waals surface area (Å²) in [5.41, 5.74) is 0. The predicted octanol–water partition coefficient (Wildman–Crippen LogP) is 2.44. The molecule has 0 amide bonds. The lowest BCUT2D eigenvalue weighted by atomic mass is 10.3. The first kappa shape index (κ1) is 9.99. The highest BCUT2D eigenvalue weighted by atomic mass is 79.9. The van der Waals surface area contributed by atoms with Crippen LogP contribution < -0.4 is 10.1 Å². The summed E-state index contributed by atoms with van der Waals surface area (Å²) in [5, 5.41) is 3.25. The minimum Gasteiger partial charge on any atom is -0.493 e. The van der Waals surface area contributed by atoms with Gasteiger partial charge in [0.1, 0.15) is 5.75 Å². The molecule has 1 saturated carbocycles. The van der Waals surface area contributed by atoms with Gasteiger partial charge in [0.25, 0.3) is 0 Å². The van der Waals surface area contributed by atoms with Crippen LogP contribution in [-0.4, -0.2) is 19.7 Å². The zero-order valence-corrected chi connectivity index (χ0v) is 9.75. The van der Waals surface area contributed by atoms with Crippen LogP contribution in [0.1, 0.15) is 6.42 Å². The van der Waals surface area contributed by atoms with Gasteiger partial charge in [0, 0.05) is 16.4 Å². The van der Waals surface area contributed by atoms with Crippen LogP contribution in [0.3, 0.4) is 0 Å². The Kier molecular flexibility index (Phi) is 3.08. The normalized spacial score (nSPS) is 24.7. The first-order chi connectivity index (χ1) is 6.79. The van der Waals surface area contributed by atoms with Gasteiger partial charge in [0.15, 0.2) is 0 Å². The summed E-state index contributed by atoms with van der Waals surface area (Å²) < 4.78 is 6.74. The zero-order chi connectivity index (χ0) is 9.97. The van der Waals surface area contributed by atoms with E-state index in [1.54, 1.807) is 0 Å². The minimum atomic E-state index is 0.672. The van der Waals surface area contributed by atoms with Gasteiger partial charge < -0.3 is 10.1 Å². The maximum absolute atomic E-state index is 5.66. The fraction of sp³-hybridized carbons (Fsp3) is 0.455. The molecule has 1 N–H and O–H groups in total. The van der Waals surface area contributed by atoms with E-state index in [0.29, 0.717) is 12.0 Å². The quantitative estimate of drug-likeness (QED) is 0.893. The summed E-state index contributed by atoms with van der Waals surface area (Å²) in [5.74, 6) is 1.65. The fourth-order valence-corrected chi connectivity index (χ4v) is 1.78. The summed E-state index contributed by atoms with van der Waals surface area (Å²) in [4.78, 5) is 0. The van der Waals surface area contributed by atoms with E-state index in [4.69, 9.17) is 4.74 Å². The van der Waals surface area contributed by atoms with Crippen LogP contribution in [0.5, 0.6) is 5.75 Å². The van der Waals surface area contributed by atoms with E-state index in [1.807, 2.05) is 31.3 Å². The molecule has 2 rings (SSSR count). The van der Waals surface area contributed by atoms with E-state index < -0.39 is 0 Å². The molecule has 14 heavy (non-hydrogen) atoms. The van der Waals surface area contributed by atoms with Gasteiger partial charge in [-0.05, 0) is 37.7 Å². The molecule has 1 aliphatic rings. The van der Waals surface area contributed by atoms with Crippen molar-refractivity contribution in [3.05, 3.63) is 28.7 Å². The molecular weight excluding hydrogens is 242 g/mol. The second-order valence-corrected chi connectivity index (χ2v) is 4.57. The van der Waals surface area contributed by atoms with Crippen molar-refractivity contribution in [2.75, 3.05) is 13.7 Å². The molecule has 0 radical (unpaired) electrons. The second-order valence-electron chi connectivity index (χ2n) is 3.66. The summed E-state index contributed by atoms with van der Waals surface area (Å²) >= 11 is 3.39. The largest absolute Gasteiger partial charge is 0.493 e. The van der Waals surface area contributed by atoms with Crippen molar-refractivity contribution in [1.82, 2.24) is 5.32 Å². The number of nitrogens with one attached hydrogen (secondary N) is 1. The lowest BCUT2D eigenvalue weighted by Gasteiger charge is -2.05. The second kappa shape index (κ2) is 4.32. The molecule has 2 unspecified atom stereocenters. The maximum Gasteiger partial charge on any atom is 0.119 e. The Morgan fingerprint density at radius 1 is 1.43 bits per heavy atom. The number of hydrogen-bond donors (Lipinski definition) is 1. The smallest absolute Gasteiger partial charge is 0.119 e. The summed E-state index contributed by atoms with van der Waals surface area (Å²) in [6, 6.07) is 8.64. The first-order valence-corrected chi connectivity index (χ1v) is 5.64. The first-order valence-electron chi connectivity index (χ1n) is 4.85. The van der Waals surface area contributed by atoms with Gasteiger partial charge in [-0.3, -0.25) is 0 Å². The zero-order valence-electron chi connectivity index (χ0n) is 8.16. The molecule has 0 saturated heterocycles. The third kappa shape index (κ3) is 2.49. The van der Waals surface area contributed by atoms with E-state index >= 15 is 0 Å². The van der Waals surface area contributed by atoms with Crippen molar-refractivity contribution in [2.24, 2.45) is 5.92 Å². The fourth-order valence-electron chi connectivity index (χ4n) is 1.52. The Morgan fingerprint density at radius 2 is 2.14 bits per heavy atom. The predicted molar refractivity (Wildman–Crippen MR) is 60.6 cm³/mol. The Bertz CT molecular complexity index is 299. The van der Waals surface area contributed by atoms with Gasteiger partial charge in [-0.1, -0.05) is 15.9 Å². The van der Waals surface area contributed by atoms with Crippen LogP contribution in [0.25, 0.3) is 0 Å². The highest BCUT2D eigenvalue weighted by molar-refractivity contribution is 9.10. The van der Waals surface area contributed by atoms with Crippen molar-refractivity contribution in [3.8, 4) is 5.75 Å². The van der Waals surface area contributed by atoms with Crippen molar-refractivity contribution in [2.45, 2.75) is 12.5 Å². The minimum absolute atomic E-state index is 0.672. The van der Waals surface area contributed by atoms with E-state index in [0.717, 1.165) is 16.8 Å². The Balaban J connectivity index is 1.78. The molecule has 0 aromatic heterocycles. The van der Waals surface area contributed by atoms with Crippen LogP contribution in [0.2, 0.25) is 0 Å². The Morgan fingerprint density at radius 3 is 2.71 bits per heavy atom. The van der Waals surface area contributed by atoms with Crippen molar-refractivity contribution in [3.63, 3.8) is 0 Å². The maximum atomic E-state index is 5.66. The van der Waals surface area contributed by atoms with Gasteiger partial charge in [-0.15, -0.1) is 0 Å². The van der Waals surface area contributed by atoms with Crippen molar-refractivity contribution >= 4 is 15.9 Å². The average molecular weight is 256 g/mol. The summed E-state index contributed by atoms with van der Waals surface area (Å²) in [6.07, 6.45) is 1.24. The van der Waals surface area contributed by atoms with Crippen molar-refractivity contribution < 1.29 is 4.74 Å². The lowest BCUT2D eigenvalue weighted by molar-refractivity contribution is 0.294. The number of rotatable bonds is 4. The molecule has 0 spiro atoms. The average Bonchev–Trinajstić information content (AvgIpc) is 2.96. The molecule has 1 fully saturated rings. The van der Waals surface area contributed by atoms with Crippen molar-refractivity contribution in [1.29, 1.82) is 0 Å². The number of ether oxygens (including phenoxy) is 1. The van der Waals surface area contributed by atoms with Gasteiger partial charge in [-0.25, -0.2) is 0 Å². The third-order valence-corrected chi connectivity index (χ3v) is 3.10. The molecule has 1 aromatic carbocycles. The molecule has 76 valence electrons. The Hall–Kier alpha value is -0.540. The molecule has 0 heterocycles. The van der Waals surface area contributed by atoms with Gasteiger partial charge in [0.05, 0.1) is 6.61 Å². The number of hydrogen-bond acceptors (Lipinski definition) is 2. The monoisotopic (exact) mass is 255 g/mol. The molecule has 2 nitrogen and oxygen atoms in total. The van der Waals surface area contributed by atoms with Crippen LogP contribution in [0, 0.1) is 5.92 Å². The molecule has 1 aliphatic carbocycles. The Labute approximate surface area is 92.8 Å². The van der Waals surface area contributed by atoms with Crippen LogP contribution in [0.15, 0.2) is 28.7 Å². The van der Waals surface area contributed by atoms with Crippen LogP contribution in [-0.2, 0) is 0 Å². The SMILES string of the molecule is CNC1CC1COc1ccc(Br)cc1. The summed E-state index contributed by atoms with van der Waals surface area (Å²) in [6.45, 7) is 0.827. The van der Waals surface area contributed by atoms with Crippen LogP contribution >= 0.6 is 15.9 Å². The van der Waals surface area contributed by atoms with E-state index in [1.165, 1.54) is 6.42 Å². The molecular formula is C11H14BrNO. The highest BCUT2D eigenvalue weighted by Gasteiger charge is 2.36. The highest BCUT2D eigenvalue weighted by Crippen LogP contribution is 2.30. The molecule has 0 bridgehead atoms. The van der Waals surface area contributed by atoms with Gasteiger partial charge in [0.2, 0.25) is 0 Å². The molecule has 2 atom stereocenters. The standard InChI is InChI=1S/C11H14BrNO/c1-13-11-6-8(11)7-14-10-4-2-9(12)3-5-10/h2-5,8,11,13H,6-7H2,1H3. The lowest BCUT2D eigenvalue weighted by Crippen LogP contribution is -2.14. The summed E-state index contributed by atoms with van der Waals surface area (Å²) in [7, 11) is 2.00. The van der Waals surface area contributed by atoms with Gasteiger partial charge in [-0.2, -0.15) is 0 Å². The van der Waals surface area contributed by atoms with E-state index in [-0.39, 0.29) is 0 Å². The molecule has 3 heteroatoms. The van der Waals surface area contributed by atoms with E-state index in [9.17, 15) is 0 Å². The van der Waals surface area contributed by atoms with Crippen LogP contribution in [0.4, 0.5) is 0 Å². The number of benzene rings is 1. The topological polar surface area (TPSA) is 21.3 Å². The molecule has 1 aromatic rings. The van der Waals surface area contributed by atoms with E-state index in [2.05, 4.69) is 21.2 Å².